The lowest BCUT2D eigenvalue weighted by Crippen LogP contribution is -2.33. The van der Waals surface area contributed by atoms with Crippen molar-refractivity contribution in [3.8, 4) is 6.07 Å². The van der Waals surface area contributed by atoms with E-state index in [9.17, 15) is 19.2 Å². The van der Waals surface area contributed by atoms with Gasteiger partial charge in [-0.2, -0.15) is 5.26 Å². The molecule has 1 N–H and O–H groups in total. The lowest BCUT2D eigenvalue weighted by atomic mass is 10.1. The highest BCUT2D eigenvalue weighted by Gasteiger charge is 2.32. The molecule has 31 heavy (non-hydrogen) atoms. The number of benzene rings is 2. The van der Waals surface area contributed by atoms with Crippen molar-refractivity contribution in [1.82, 2.24) is 20.3 Å². The van der Waals surface area contributed by atoms with Crippen molar-refractivity contribution < 1.29 is 18.7 Å². The number of hydrogen-bond acceptors (Lipinski definition) is 6. The van der Waals surface area contributed by atoms with Crippen LogP contribution in [-0.2, 0) is 9.53 Å². The number of nitrogens with one attached hydrogen (secondary N) is 1. The summed E-state index contributed by atoms with van der Waals surface area (Å²) >= 11 is 0. The number of rotatable bonds is 5. The van der Waals surface area contributed by atoms with E-state index in [4.69, 9.17) is 4.74 Å². The maximum Gasteiger partial charge on any atom is 0.414 e. The minimum Gasteiger partial charge on any atom is -0.442 e. The average Bonchev–Trinajstić information content (AvgIpc) is 3.34. The number of cyclic esters (lactones) is 1. The van der Waals surface area contributed by atoms with Gasteiger partial charge in [0.1, 0.15) is 29.0 Å². The van der Waals surface area contributed by atoms with Crippen LogP contribution in [0.2, 0.25) is 0 Å². The van der Waals surface area contributed by atoms with Gasteiger partial charge in [0.05, 0.1) is 18.8 Å². The maximum absolute atomic E-state index is 14.8. The van der Waals surface area contributed by atoms with Gasteiger partial charge in [-0.05, 0) is 36.4 Å². The van der Waals surface area contributed by atoms with Gasteiger partial charge in [-0.15, -0.1) is 15.0 Å². The lowest BCUT2D eigenvalue weighted by Gasteiger charge is -2.14. The van der Waals surface area contributed by atoms with Gasteiger partial charge in [0, 0.05) is 12.5 Å². The van der Waals surface area contributed by atoms with Crippen molar-refractivity contribution in [2.75, 3.05) is 18.0 Å². The molecule has 0 aliphatic carbocycles. The third kappa shape index (κ3) is 4.20. The number of aromatic nitrogens is 3. The molecule has 0 bridgehead atoms. The summed E-state index contributed by atoms with van der Waals surface area (Å²) in [7, 11) is 0. The Bertz CT molecular complexity index is 1210. The fourth-order valence-corrected chi connectivity index (χ4v) is 3.15. The zero-order valence-electron chi connectivity index (χ0n) is 16.4. The molecular formula is C21H17FN6O3. The summed E-state index contributed by atoms with van der Waals surface area (Å²) in [6.07, 6.45) is 0.187. The van der Waals surface area contributed by atoms with E-state index in [1.165, 1.54) is 30.0 Å². The molecule has 2 amide bonds. The standard InChI is InChI=1S/C21H17FN6O3/c1-13(29)24-11-17-12-27(21(30)31-17)15-7-6-14(18(22)9-15)8-16(10-23)28-25-19-4-2-3-5-20(19)26-28/h2-9,17H,11-12H2,1H3,(H,24,29)/b16-8+/t17-/m0/s1. The molecular weight excluding hydrogens is 403 g/mol. The van der Waals surface area contributed by atoms with Crippen molar-refractivity contribution in [1.29, 1.82) is 5.26 Å². The van der Waals surface area contributed by atoms with Crippen molar-refractivity contribution in [2.24, 2.45) is 0 Å². The molecule has 1 aliphatic rings. The Kier molecular flexibility index (Phi) is 5.32. The third-order valence-corrected chi connectivity index (χ3v) is 4.66. The number of ether oxygens (including phenoxy) is 1. The van der Waals surface area contributed by atoms with Crippen molar-refractivity contribution in [2.45, 2.75) is 13.0 Å². The summed E-state index contributed by atoms with van der Waals surface area (Å²) in [6, 6.07) is 13.3. The minimum atomic E-state index is -0.625. The highest BCUT2D eigenvalue weighted by molar-refractivity contribution is 5.90. The molecule has 156 valence electrons. The first-order valence-corrected chi connectivity index (χ1v) is 9.41. The van der Waals surface area contributed by atoms with Crippen LogP contribution in [0.5, 0.6) is 0 Å². The number of allylic oxidation sites excluding steroid dienone is 1. The number of nitriles is 1. The molecule has 1 aliphatic heterocycles. The highest BCUT2D eigenvalue weighted by atomic mass is 19.1. The van der Waals surface area contributed by atoms with E-state index in [-0.39, 0.29) is 30.3 Å². The van der Waals surface area contributed by atoms with Crippen LogP contribution in [0.3, 0.4) is 0 Å². The smallest absolute Gasteiger partial charge is 0.414 e. The molecule has 3 aromatic rings. The van der Waals surface area contributed by atoms with Crippen LogP contribution in [0.15, 0.2) is 42.5 Å². The summed E-state index contributed by atoms with van der Waals surface area (Å²) in [5.41, 5.74) is 1.72. The predicted molar refractivity (Wildman–Crippen MR) is 110 cm³/mol. The monoisotopic (exact) mass is 420 g/mol. The van der Waals surface area contributed by atoms with Gasteiger partial charge in [0.25, 0.3) is 0 Å². The molecule has 10 heteroatoms. The molecule has 2 heterocycles. The summed E-state index contributed by atoms with van der Waals surface area (Å²) in [4.78, 5) is 25.6. The predicted octanol–water partition coefficient (Wildman–Crippen LogP) is 2.55. The van der Waals surface area contributed by atoms with Gasteiger partial charge in [-0.3, -0.25) is 9.69 Å². The Morgan fingerprint density at radius 3 is 2.65 bits per heavy atom. The van der Waals surface area contributed by atoms with E-state index in [1.807, 2.05) is 6.07 Å². The highest BCUT2D eigenvalue weighted by Crippen LogP contribution is 2.25. The number of carbonyl (C=O) groups is 2. The van der Waals surface area contributed by atoms with E-state index in [0.29, 0.717) is 16.7 Å². The number of nitrogens with zero attached hydrogens (tertiary/aromatic N) is 5. The third-order valence-electron chi connectivity index (χ3n) is 4.66. The van der Waals surface area contributed by atoms with Crippen molar-refractivity contribution >= 4 is 40.5 Å². The van der Waals surface area contributed by atoms with E-state index in [2.05, 4.69) is 15.5 Å². The number of amides is 2. The Balaban J connectivity index is 1.56. The molecule has 1 aromatic heterocycles. The van der Waals surface area contributed by atoms with E-state index in [1.54, 1.807) is 30.3 Å². The number of hydrogen-bond donors (Lipinski definition) is 1. The van der Waals surface area contributed by atoms with Crippen LogP contribution in [0, 0.1) is 17.1 Å². The molecule has 1 atom stereocenters. The summed E-state index contributed by atoms with van der Waals surface area (Å²) in [6.45, 7) is 1.73. The molecule has 0 radical (unpaired) electrons. The minimum absolute atomic E-state index is 0.0406. The lowest BCUT2D eigenvalue weighted by molar-refractivity contribution is -0.119. The van der Waals surface area contributed by atoms with Crippen molar-refractivity contribution in [3.63, 3.8) is 0 Å². The van der Waals surface area contributed by atoms with Crippen LogP contribution in [0.25, 0.3) is 22.8 Å². The van der Waals surface area contributed by atoms with Crippen LogP contribution in [0.4, 0.5) is 14.9 Å². The van der Waals surface area contributed by atoms with Crippen molar-refractivity contribution in [3.05, 3.63) is 53.8 Å². The molecule has 0 unspecified atom stereocenters. The van der Waals surface area contributed by atoms with Gasteiger partial charge in [0.2, 0.25) is 5.91 Å². The zero-order valence-corrected chi connectivity index (χ0v) is 16.4. The molecule has 4 rings (SSSR count). The quantitative estimate of drug-likeness (QED) is 0.635. The number of fused-ring (bicyclic) bond motifs is 1. The fourth-order valence-electron chi connectivity index (χ4n) is 3.15. The Labute approximate surface area is 176 Å². The second-order valence-electron chi connectivity index (χ2n) is 6.88. The number of halogens is 1. The first kappa shape index (κ1) is 20.0. The van der Waals surface area contributed by atoms with Gasteiger partial charge >= 0.3 is 6.09 Å². The fraction of sp³-hybridized carbons (Fsp3) is 0.190. The largest absolute Gasteiger partial charge is 0.442 e. The average molecular weight is 420 g/mol. The summed E-state index contributed by atoms with van der Waals surface area (Å²) in [5, 5.41) is 20.5. The molecule has 1 fully saturated rings. The van der Waals surface area contributed by atoms with Gasteiger partial charge in [0.15, 0.2) is 5.70 Å². The Morgan fingerprint density at radius 1 is 1.32 bits per heavy atom. The normalized spacial score (nSPS) is 16.3. The van der Waals surface area contributed by atoms with E-state index < -0.39 is 18.0 Å². The second-order valence-corrected chi connectivity index (χ2v) is 6.88. The van der Waals surface area contributed by atoms with Crippen LogP contribution in [-0.4, -0.2) is 46.2 Å². The molecule has 0 saturated carbocycles. The number of carbonyl (C=O) groups excluding carboxylic acids is 2. The van der Waals surface area contributed by atoms with Gasteiger partial charge in [-0.1, -0.05) is 12.1 Å². The van der Waals surface area contributed by atoms with Crippen LogP contribution < -0.4 is 10.2 Å². The Morgan fingerprint density at radius 2 is 2.03 bits per heavy atom. The topological polar surface area (TPSA) is 113 Å². The maximum atomic E-state index is 14.8. The van der Waals surface area contributed by atoms with Crippen LogP contribution >= 0.6 is 0 Å². The molecule has 9 nitrogen and oxygen atoms in total. The first-order chi connectivity index (χ1) is 14.9. The van der Waals surface area contributed by atoms with Crippen LogP contribution in [0.1, 0.15) is 12.5 Å². The molecule has 1 saturated heterocycles. The zero-order chi connectivity index (χ0) is 22.0. The second kappa shape index (κ2) is 8.23. The van der Waals surface area contributed by atoms with E-state index >= 15 is 0 Å². The first-order valence-electron chi connectivity index (χ1n) is 9.41. The number of anilines is 1. The van der Waals surface area contributed by atoms with Gasteiger partial charge in [-0.25, -0.2) is 9.18 Å². The SMILES string of the molecule is CC(=O)NC[C@H]1CN(c2ccc(/C=C(\C#N)n3nc4ccccc4n3)c(F)c2)C(=O)O1. The summed E-state index contributed by atoms with van der Waals surface area (Å²) < 4.78 is 20.0. The molecule has 2 aromatic carbocycles. The molecule has 0 spiro atoms. The van der Waals surface area contributed by atoms with E-state index in [0.717, 1.165) is 4.80 Å². The van der Waals surface area contributed by atoms with Gasteiger partial charge < -0.3 is 10.1 Å². The Hall–Kier alpha value is -4.26. The summed E-state index contributed by atoms with van der Waals surface area (Å²) in [5.74, 6) is -0.857.